The summed E-state index contributed by atoms with van der Waals surface area (Å²) in [7, 11) is 0. The fourth-order valence-electron chi connectivity index (χ4n) is 4.48. The van der Waals surface area contributed by atoms with Crippen LogP contribution in [-0.4, -0.2) is 3.21 Å². The summed E-state index contributed by atoms with van der Waals surface area (Å²) in [5.41, 5.74) is 5.52. The van der Waals surface area contributed by atoms with E-state index in [9.17, 15) is 0 Å². The summed E-state index contributed by atoms with van der Waals surface area (Å²) >= 11 is 1.47. The molecule has 6 rings (SSSR count). The summed E-state index contributed by atoms with van der Waals surface area (Å²) in [5.74, 6) is 1.20. The van der Waals surface area contributed by atoms with Crippen molar-refractivity contribution < 1.29 is 49.0 Å². The number of hydrogen-bond acceptors (Lipinski definition) is 0. The van der Waals surface area contributed by atoms with E-state index in [4.69, 9.17) is 0 Å². The van der Waals surface area contributed by atoms with Crippen LogP contribution >= 0.6 is 0 Å². The summed E-state index contributed by atoms with van der Waals surface area (Å²) in [5, 5.41) is 5.39. The molecule has 0 saturated carbocycles. The van der Waals surface area contributed by atoms with E-state index in [2.05, 4.69) is 143 Å². The fourth-order valence-corrected chi connectivity index (χ4v) is 5.30. The van der Waals surface area contributed by atoms with Crippen molar-refractivity contribution in [2.45, 2.75) is 46.0 Å². The predicted molar refractivity (Wildman–Crippen MR) is 163 cm³/mol. The Bertz CT molecular complexity index is 1420. The Labute approximate surface area is 267 Å². The fraction of sp³-hybridized carbons (Fsp3) is 0.189. The molecule has 0 aliphatic heterocycles. The van der Waals surface area contributed by atoms with Crippen molar-refractivity contribution in [2.24, 2.45) is 0 Å². The molecule has 0 unspecified atom stereocenters. The van der Waals surface area contributed by atoms with Crippen molar-refractivity contribution in [3.8, 4) is 0 Å². The maximum absolute atomic E-state index is 2.99. The first-order valence-corrected chi connectivity index (χ1v) is 14.7. The van der Waals surface area contributed by atoms with E-state index in [1.54, 1.807) is 0 Å². The minimum Gasteiger partial charge on any atom is -1.00 e. The van der Waals surface area contributed by atoms with Gasteiger partial charge in [-0.05, 0) is 0 Å². The van der Waals surface area contributed by atoms with Crippen LogP contribution in [0.25, 0.3) is 21.5 Å². The molecule has 0 radical (unpaired) electrons. The molecule has 0 bridgehead atoms. The van der Waals surface area contributed by atoms with Gasteiger partial charge in [0.05, 0.1) is 0 Å². The molecule has 5 aromatic rings. The van der Waals surface area contributed by atoms with E-state index in [0.29, 0.717) is 11.8 Å². The second kappa shape index (κ2) is 16.7. The van der Waals surface area contributed by atoms with Crippen molar-refractivity contribution in [2.75, 3.05) is 0 Å². The van der Waals surface area contributed by atoms with Crippen LogP contribution in [-0.2, 0) is 24.2 Å². The molecule has 204 valence electrons. The summed E-state index contributed by atoms with van der Waals surface area (Å²) in [6, 6.07) is 37.3. The third-order valence-electron chi connectivity index (χ3n) is 6.84. The third-order valence-corrected chi connectivity index (χ3v) is 8.26. The Morgan fingerprint density at radius 2 is 1.07 bits per heavy atom. The van der Waals surface area contributed by atoms with E-state index in [1.807, 2.05) is 12.2 Å². The zero-order valence-corrected chi connectivity index (χ0v) is 27.6. The Morgan fingerprint density at radius 1 is 0.650 bits per heavy atom. The first kappa shape index (κ1) is 33.8. The Morgan fingerprint density at radius 3 is 1.40 bits per heavy atom. The predicted octanol–water partition coefficient (Wildman–Crippen LogP) is 4.07. The normalized spacial score (nSPS) is 11.4. The van der Waals surface area contributed by atoms with Gasteiger partial charge in [-0.2, -0.15) is 6.08 Å². The number of benzene rings is 4. The van der Waals surface area contributed by atoms with Crippen LogP contribution in [0, 0.1) is 6.08 Å². The molecule has 0 atom stereocenters. The van der Waals surface area contributed by atoms with E-state index in [-0.39, 0.29) is 24.8 Å². The van der Waals surface area contributed by atoms with Crippen molar-refractivity contribution in [3.63, 3.8) is 0 Å². The molecule has 0 saturated heterocycles. The summed E-state index contributed by atoms with van der Waals surface area (Å²) in [4.78, 5) is 0. The van der Waals surface area contributed by atoms with E-state index in [1.165, 1.54) is 71.2 Å². The molecular formula is C37H36Cl2Zr-2. The van der Waals surface area contributed by atoms with Gasteiger partial charge in [-0.25, -0.2) is 12.2 Å². The summed E-state index contributed by atoms with van der Waals surface area (Å²) in [6.07, 6.45) is 10.0. The monoisotopic (exact) mass is 640 g/mol. The van der Waals surface area contributed by atoms with E-state index < -0.39 is 0 Å². The number of fused-ring (bicyclic) bond motifs is 3. The van der Waals surface area contributed by atoms with Gasteiger partial charge in [0.2, 0.25) is 0 Å². The number of hydrogen-bond donors (Lipinski definition) is 0. The molecule has 0 amide bonds. The van der Waals surface area contributed by atoms with Gasteiger partial charge in [0.25, 0.3) is 0 Å². The first-order chi connectivity index (χ1) is 18.4. The van der Waals surface area contributed by atoms with Crippen LogP contribution in [0.3, 0.4) is 0 Å². The van der Waals surface area contributed by atoms with Crippen molar-refractivity contribution in [1.82, 2.24) is 0 Å². The van der Waals surface area contributed by atoms with Crippen LogP contribution in [0.4, 0.5) is 0 Å². The van der Waals surface area contributed by atoms with Crippen molar-refractivity contribution in [1.29, 1.82) is 0 Å². The maximum Gasteiger partial charge on any atom is -0.0771 e. The van der Waals surface area contributed by atoms with Crippen LogP contribution in [0.15, 0.2) is 121 Å². The molecular weight excluding hydrogens is 607 g/mol. The number of rotatable bonds is 4. The average molecular weight is 643 g/mol. The van der Waals surface area contributed by atoms with Gasteiger partial charge >= 0.3 is 138 Å². The first-order valence-electron chi connectivity index (χ1n) is 13.5. The molecule has 0 fully saturated rings. The third kappa shape index (κ3) is 9.04. The van der Waals surface area contributed by atoms with Crippen LogP contribution < -0.4 is 24.8 Å². The molecule has 3 heteroatoms. The summed E-state index contributed by atoms with van der Waals surface area (Å²) in [6.45, 7) is 8.95. The van der Waals surface area contributed by atoms with Gasteiger partial charge in [-0.15, -0.1) is 46.2 Å². The van der Waals surface area contributed by atoms with Crippen LogP contribution in [0.5, 0.6) is 0 Å². The second-order valence-corrected chi connectivity index (χ2v) is 11.5. The Kier molecular flexibility index (Phi) is 14.1. The molecule has 1 aliphatic carbocycles. The average Bonchev–Trinajstić information content (AvgIpc) is 3.65. The van der Waals surface area contributed by atoms with Gasteiger partial charge in [0.1, 0.15) is 0 Å². The Hall–Kier alpha value is -2.44. The number of halogens is 2. The van der Waals surface area contributed by atoms with Crippen LogP contribution in [0.1, 0.15) is 68.2 Å². The van der Waals surface area contributed by atoms with Gasteiger partial charge in [0.15, 0.2) is 0 Å². The topological polar surface area (TPSA) is 0 Å². The molecule has 0 heterocycles. The zero-order valence-electron chi connectivity index (χ0n) is 23.7. The van der Waals surface area contributed by atoms with Gasteiger partial charge in [-0.3, -0.25) is 6.08 Å². The standard InChI is InChI=1S/C19H22.C13H9.C5H5.2ClH.Zr/c1-14(2)18-9-5-16(6-10-18)13-17-7-11-19(12-8-17)15(3)4;1-3-7-12-10(5-1)9-11-6-2-4-8-13(11)12;1-2-4-5-3-1;;;/h5-12,14-15H,1-4H3;1-9H;1-3H,4H2;2*1H;/q;2*-1;;;+2/p-2. The zero-order chi connectivity index (χ0) is 26.9. The largest absolute Gasteiger partial charge is 1.00 e. The second-order valence-electron chi connectivity index (χ2n) is 10.3. The molecule has 0 N–H and O–H groups in total. The molecule has 40 heavy (non-hydrogen) atoms. The molecule has 5 aromatic carbocycles. The molecule has 0 spiro atoms. The molecule has 0 nitrogen and oxygen atoms in total. The van der Waals surface area contributed by atoms with Crippen molar-refractivity contribution in [3.05, 3.63) is 150 Å². The molecule has 1 aliphatic rings. The smallest absolute Gasteiger partial charge is 0.0771 e. The van der Waals surface area contributed by atoms with Crippen molar-refractivity contribution >= 4 is 24.8 Å². The minimum atomic E-state index is 0. The van der Waals surface area contributed by atoms with E-state index >= 15 is 0 Å². The molecule has 0 aromatic heterocycles. The van der Waals surface area contributed by atoms with E-state index in [0.717, 1.165) is 6.42 Å². The maximum atomic E-state index is 2.99. The minimum absolute atomic E-state index is 0. The quantitative estimate of drug-likeness (QED) is 0.260. The van der Waals surface area contributed by atoms with Gasteiger partial charge < -0.3 is 24.8 Å². The number of allylic oxidation sites excluding steroid dienone is 4. The van der Waals surface area contributed by atoms with Crippen LogP contribution in [0.2, 0.25) is 0 Å². The SMILES string of the molecule is CC(C)c1ccc([C](=[Zr+2])c2ccc(C(C)C)cc2)cc1.[C-]1=CC=CC1.[Cl-].[Cl-].c1ccc2c(c1)[cH-]c1ccccc12. The van der Waals surface area contributed by atoms with Gasteiger partial charge in [0, 0.05) is 0 Å². The summed E-state index contributed by atoms with van der Waals surface area (Å²) < 4.78 is 1.43. The Balaban J connectivity index is 0.000000239. The van der Waals surface area contributed by atoms with Gasteiger partial charge in [-0.1, -0.05) is 36.4 Å².